The summed E-state index contributed by atoms with van der Waals surface area (Å²) in [4.78, 5) is 2.34. The van der Waals surface area contributed by atoms with E-state index in [2.05, 4.69) is 126 Å². The summed E-state index contributed by atoms with van der Waals surface area (Å²) in [5, 5.41) is 0. The van der Waals surface area contributed by atoms with E-state index in [9.17, 15) is 0 Å². The average molecular weight is 489 g/mol. The van der Waals surface area contributed by atoms with E-state index < -0.39 is 0 Å². The number of fused-ring (bicyclic) bond motifs is 2. The molecule has 0 aliphatic carbocycles. The van der Waals surface area contributed by atoms with Gasteiger partial charge in [0.2, 0.25) is 5.69 Å². The minimum absolute atomic E-state index is 0.0485. The second-order valence-corrected chi connectivity index (χ2v) is 10.4. The van der Waals surface area contributed by atoms with E-state index in [-0.39, 0.29) is 10.8 Å². The highest BCUT2D eigenvalue weighted by atomic mass is 79.9. The van der Waals surface area contributed by atoms with Gasteiger partial charge in [-0.05, 0) is 49.7 Å². The van der Waals surface area contributed by atoms with Crippen LogP contribution in [0.2, 0.25) is 0 Å². The Balaban J connectivity index is 1.89. The Morgan fingerprint density at radius 2 is 1.48 bits per heavy atom. The third kappa shape index (κ3) is 2.67. The summed E-state index contributed by atoms with van der Waals surface area (Å²) >= 11 is 7.29. The van der Waals surface area contributed by atoms with Crippen LogP contribution in [-0.2, 0) is 10.8 Å². The van der Waals surface area contributed by atoms with Gasteiger partial charge in [-0.15, -0.1) is 0 Å². The van der Waals surface area contributed by atoms with E-state index in [1.165, 1.54) is 33.9 Å². The number of anilines is 1. The molecule has 0 N–H and O–H groups in total. The van der Waals surface area contributed by atoms with Crippen LogP contribution in [0.3, 0.4) is 0 Å². The van der Waals surface area contributed by atoms with Crippen LogP contribution in [0.15, 0.2) is 57.1 Å². The molecule has 27 heavy (non-hydrogen) atoms. The summed E-state index contributed by atoms with van der Waals surface area (Å²) in [6.45, 7) is 9.28. The van der Waals surface area contributed by atoms with Gasteiger partial charge in [-0.2, -0.15) is 4.58 Å². The molecule has 0 saturated heterocycles. The predicted molar refractivity (Wildman–Crippen MR) is 122 cm³/mol. The van der Waals surface area contributed by atoms with Gasteiger partial charge >= 0.3 is 0 Å². The highest BCUT2D eigenvalue weighted by Crippen LogP contribution is 2.49. The Kier molecular flexibility index (Phi) is 4.25. The second-order valence-electron chi connectivity index (χ2n) is 8.61. The fourth-order valence-corrected chi connectivity index (χ4v) is 5.38. The van der Waals surface area contributed by atoms with E-state index in [0.717, 1.165) is 8.95 Å². The molecule has 2 aromatic rings. The lowest BCUT2D eigenvalue weighted by atomic mass is 9.78. The molecule has 0 spiro atoms. The number of likely N-dealkylation sites (N-methyl/N-ethyl adjacent to an activating group) is 1. The first-order chi connectivity index (χ1) is 12.5. The Labute approximate surface area is 178 Å². The first-order valence-corrected chi connectivity index (χ1v) is 10.8. The molecule has 140 valence electrons. The number of hydrogen-bond acceptors (Lipinski definition) is 1. The van der Waals surface area contributed by atoms with Crippen LogP contribution >= 0.6 is 31.9 Å². The molecule has 0 aromatic heterocycles. The zero-order valence-electron chi connectivity index (χ0n) is 16.7. The Bertz CT molecular complexity index is 1030. The summed E-state index contributed by atoms with van der Waals surface area (Å²) in [6, 6.07) is 13.2. The van der Waals surface area contributed by atoms with Crippen LogP contribution in [0.5, 0.6) is 0 Å². The molecule has 0 saturated carbocycles. The molecule has 0 radical (unpaired) electrons. The highest BCUT2D eigenvalue weighted by molar-refractivity contribution is 9.10. The molecule has 4 rings (SSSR count). The normalized spacial score (nSPS) is 21.0. The van der Waals surface area contributed by atoms with Crippen LogP contribution in [-0.4, -0.2) is 24.4 Å². The molecule has 2 heterocycles. The van der Waals surface area contributed by atoms with E-state index in [0.29, 0.717) is 0 Å². The van der Waals surface area contributed by atoms with Crippen molar-refractivity contribution in [1.82, 2.24) is 0 Å². The quantitative estimate of drug-likeness (QED) is 0.413. The van der Waals surface area contributed by atoms with Crippen molar-refractivity contribution in [2.45, 2.75) is 38.5 Å². The first kappa shape index (κ1) is 18.9. The maximum Gasteiger partial charge on any atom is 0.209 e. The summed E-state index contributed by atoms with van der Waals surface area (Å²) in [6.07, 6.45) is 2.40. The van der Waals surface area contributed by atoms with Gasteiger partial charge in [0.1, 0.15) is 7.05 Å². The monoisotopic (exact) mass is 487 g/mol. The molecule has 2 aromatic carbocycles. The van der Waals surface area contributed by atoms with Gasteiger partial charge in [0.15, 0.2) is 5.71 Å². The zero-order chi connectivity index (χ0) is 19.7. The lowest BCUT2D eigenvalue weighted by Gasteiger charge is -2.25. The number of rotatable bonds is 1. The summed E-state index contributed by atoms with van der Waals surface area (Å²) in [5.41, 5.74) is 7.87. The fourth-order valence-electron chi connectivity index (χ4n) is 4.66. The van der Waals surface area contributed by atoms with Crippen molar-refractivity contribution >= 4 is 48.9 Å². The Morgan fingerprint density at radius 1 is 0.889 bits per heavy atom. The minimum atomic E-state index is -0.0485. The zero-order valence-corrected chi connectivity index (χ0v) is 19.9. The van der Waals surface area contributed by atoms with Crippen molar-refractivity contribution in [2.24, 2.45) is 0 Å². The van der Waals surface area contributed by atoms with Crippen LogP contribution in [0.25, 0.3) is 0 Å². The fraction of sp³-hybridized carbons (Fsp3) is 0.348. The van der Waals surface area contributed by atoms with Crippen LogP contribution < -0.4 is 4.90 Å². The van der Waals surface area contributed by atoms with Crippen molar-refractivity contribution in [3.05, 3.63) is 68.2 Å². The van der Waals surface area contributed by atoms with Crippen LogP contribution in [0.4, 0.5) is 11.4 Å². The largest absolute Gasteiger partial charge is 0.347 e. The van der Waals surface area contributed by atoms with E-state index >= 15 is 0 Å². The van der Waals surface area contributed by atoms with Gasteiger partial charge in [0.25, 0.3) is 0 Å². The molecule has 2 nitrogen and oxygen atoms in total. The Hall–Kier alpha value is -1.39. The Morgan fingerprint density at radius 3 is 2.15 bits per heavy atom. The van der Waals surface area contributed by atoms with E-state index in [1.807, 2.05) is 0 Å². The first-order valence-electron chi connectivity index (χ1n) is 9.22. The average Bonchev–Trinajstić information content (AvgIpc) is 2.89. The van der Waals surface area contributed by atoms with E-state index in [4.69, 9.17) is 0 Å². The van der Waals surface area contributed by atoms with Crippen LogP contribution in [0, 0.1) is 0 Å². The summed E-state index contributed by atoms with van der Waals surface area (Å²) in [5.74, 6) is 0. The third-order valence-electron chi connectivity index (χ3n) is 6.26. The van der Waals surface area contributed by atoms with Crippen molar-refractivity contribution in [3.8, 4) is 0 Å². The van der Waals surface area contributed by atoms with Crippen molar-refractivity contribution in [3.63, 3.8) is 0 Å². The molecule has 0 bridgehead atoms. The summed E-state index contributed by atoms with van der Waals surface area (Å²) in [7, 11) is 4.36. The van der Waals surface area contributed by atoms with Gasteiger partial charge in [-0.25, -0.2) is 0 Å². The molecule has 2 aliphatic heterocycles. The lowest BCUT2D eigenvalue weighted by Crippen LogP contribution is -2.31. The van der Waals surface area contributed by atoms with Gasteiger partial charge in [0, 0.05) is 50.5 Å². The number of halogens is 2. The van der Waals surface area contributed by atoms with Crippen LogP contribution in [0.1, 0.15) is 38.8 Å². The third-order valence-corrected chi connectivity index (χ3v) is 7.25. The maximum atomic E-state index is 3.64. The van der Waals surface area contributed by atoms with Crippen molar-refractivity contribution in [1.29, 1.82) is 0 Å². The number of hydrogen-bond donors (Lipinski definition) is 0. The highest BCUT2D eigenvalue weighted by Gasteiger charge is 2.46. The molecule has 0 atom stereocenters. The topological polar surface area (TPSA) is 6.25 Å². The van der Waals surface area contributed by atoms with Crippen molar-refractivity contribution in [2.75, 3.05) is 19.0 Å². The molecule has 0 unspecified atom stereocenters. The molecular formula is C23H25Br2N2+. The van der Waals surface area contributed by atoms with Gasteiger partial charge in [-0.3, -0.25) is 0 Å². The number of allylic oxidation sites excluding steroid dienone is 2. The molecule has 0 fully saturated rings. The molecular weight excluding hydrogens is 464 g/mol. The summed E-state index contributed by atoms with van der Waals surface area (Å²) < 4.78 is 4.61. The van der Waals surface area contributed by atoms with E-state index in [1.54, 1.807) is 0 Å². The van der Waals surface area contributed by atoms with Gasteiger partial charge < -0.3 is 4.90 Å². The maximum absolute atomic E-state index is 3.64. The second kappa shape index (κ2) is 6.05. The molecule has 2 aliphatic rings. The number of benzene rings is 2. The predicted octanol–water partition coefficient (Wildman–Crippen LogP) is 6.53. The molecule has 0 amide bonds. The lowest BCUT2D eigenvalue weighted by molar-refractivity contribution is -0.401. The number of nitrogens with zero attached hydrogens (tertiary/aromatic N) is 2. The van der Waals surface area contributed by atoms with Crippen molar-refractivity contribution < 1.29 is 4.58 Å². The smallest absolute Gasteiger partial charge is 0.209 e. The SMILES string of the molecule is CN1/C(=C/C2=[N+](C)c3ccc(Br)cc3C2(C)C)C(C)(C)c2cc(Br)ccc21. The standard InChI is InChI=1S/C23H25Br2N2/c1-22(2)16-11-14(24)7-9-18(16)26(5)20(22)13-21-23(3,4)17-12-15(25)8-10-19(17)27(21)6/h7-13H,1-6H3/q+1. The minimum Gasteiger partial charge on any atom is -0.347 e. The molecule has 4 heteroatoms. The van der Waals surface area contributed by atoms with Gasteiger partial charge in [0.05, 0.1) is 5.41 Å². The van der Waals surface area contributed by atoms with Gasteiger partial charge in [-0.1, -0.05) is 45.7 Å².